The highest BCUT2D eigenvalue weighted by Crippen LogP contribution is 2.21. The molecule has 1 aromatic carbocycles. The van der Waals surface area contributed by atoms with Gasteiger partial charge in [-0.2, -0.15) is 0 Å². The number of carbonyl (C=O) groups excluding carboxylic acids is 1. The smallest absolute Gasteiger partial charge is 0.269 e. The Labute approximate surface area is 127 Å². The van der Waals surface area contributed by atoms with Crippen molar-refractivity contribution in [2.75, 3.05) is 18.9 Å². The summed E-state index contributed by atoms with van der Waals surface area (Å²) >= 11 is 0. The van der Waals surface area contributed by atoms with E-state index in [2.05, 4.69) is 5.32 Å². The number of nitrogens with one attached hydrogen (secondary N) is 1. The number of anilines is 1. The third kappa shape index (κ3) is 4.16. The molecule has 0 bridgehead atoms. The zero-order valence-corrected chi connectivity index (χ0v) is 12.4. The SMILES string of the molecule is Cc1cc([N+](=O)[O-])ccc1NC(=O)CN(C)Cc1ccco1. The van der Waals surface area contributed by atoms with E-state index in [0.29, 0.717) is 17.8 Å². The van der Waals surface area contributed by atoms with Crippen LogP contribution in [0.2, 0.25) is 0 Å². The van der Waals surface area contributed by atoms with Gasteiger partial charge in [0.1, 0.15) is 5.76 Å². The van der Waals surface area contributed by atoms with E-state index in [-0.39, 0.29) is 18.1 Å². The zero-order chi connectivity index (χ0) is 16.1. The molecule has 0 aliphatic rings. The summed E-state index contributed by atoms with van der Waals surface area (Å²) < 4.78 is 5.22. The summed E-state index contributed by atoms with van der Waals surface area (Å²) in [4.78, 5) is 24.0. The number of benzene rings is 1. The normalized spacial score (nSPS) is 10.7. The van der Waals surface area contributed by atoms with Crippen LogP contribution in [0.5, 0.6) is 0 Å². The summed E-state index contributed by atoms with van der Waals surface area (Å²) in [5.41, 5.74) is 1.23. The highest BCUT2D eigenvalue weighted by molar-refractivity contribution is 5.93. The first-order chi connectivity index (χ1) is 10.5. The third-order valence-corrected chi connectivity index (χ3v) is 3.11. The molecule has 7 heteroatoms. The van der Waals surface area contributed by atoms with Gasteiger partial charge in [-0.1, -0.05) is 0 Å². The standard InChI is InChI=1S/C15H17N3O4/c1-11-8-12(18(20)21)5-6-14(11)16-15(19)10-17(2)9-13-4-3-7-22-13/h3-8H,9-10H2,1-2H3,(H,16,19). The van der Waals surface area contributed by atoms with Crippen LogP contribution in [0.25, 0.3) is 0 Å². The number of hydrogen-bond acceptors (Lipinski definition) is 5. The number of aryl methyl sites for hydroxylation is 1. The van der Waals surface area contributed by atoms with Crippen LogP contribution in [0.15, 0.2) is 41.0 Å². The summed E-state index contributed by atoms with van der Waals surface area (Å²) in [6.07, 6.45) is 1.59. The van der Waals surface area contributed by atoms with Crippen molar-refractivity contribution in [3.05, 3.63) is 58.0 Å². The van der Waals surface area contributed by atoms with Gasteiger partial charge in [0.25, 0.3) is 5.69 Å². The highest BCUT2D eigenvalue weighted by Gasteiger charge is 2.12. The summed E-state index contributed by atoms with van der Waals surface area (Å²) in [5, 5.41) is 13.4. The predicted octanol–water partition coefficient (Wildman–Crippen LogP) is 2.57. The number of nitro benzene ring substituents is 1. The minimum Gasteiger partial charge on any atom is -0.468 e. The van der Waals surface area contributed by atoms with Crippen LogP contribution in [0.1, 0.15) is 11.3 Å². The average molecular weight is 303 g/mol. The van der Waals surface area contributed by atoms with Crippen molar-refractivity contribution < 1.29 is 14.1 Å². The van der Waals surface area contributed by atoms with Crippen molar-refractivity contribution in [1.29, 1.82) is 0 Å². The monoisotopic (exact) mass is 303 g/mol. The fourth-order valence-electron chi connectivity index (χ4n) is 2.06. The number of carbonyl (C=O) groups is 1. The Balaban J connectivity index is 1.93. The van der Waals surface area contributed by atoms with Crippen molar-refractivity contribution in [3.63, 3.8) is 0 Å². The second-order valence-corrected chi connectivity index (χ2v) is 5.06. The third-order valence-electron chi connectivity index (χ3n) is 3.11. The Morgan fingerprint density at radius 3 is 2.77 bits per heavy atom. The second kappa shape index (κ2) is 6.86. The van der Waals surface area contributed by atoms with Crippen molar-refractivity contribution >= 4 is 17.3 Å². The first-order valence-electron chi connectivity index (χ1n) is 6.71. The molecule has 2 rings (SSSR count). The highest BCUT2D eigenvalue weighted by atomic mass is 16.6. The minimum atomic E-state index is -0.463. The maximum atomic E-state index is 12.0. The summed E-state index contributed by atoms with van der Waals surface area (Å²) in [5.74, 6) is 0.591. The largest absolute Gasteiger partial charge is 0.468 e. The first kappa shape index (κ1) is 15.7. The minimum absolute atomic E-state index is 0.00503. The maximum absolute atomic E-state index is 12.0. The molecule has 1 N–H and O–H groups in total. The summed E-state index contributed by atoms with van der Waals surface area (Å²) in [7, 11) is 1.81. The Kier molecular flexibility index (Phi) is 4.90. The van der Waals surface area contributed by atoms with Crippen molar-refractivity contribution in [2.24, 2.45) is 0 Å². The van der Waals surface area contributed by atoms with E-state index in [4.69, 9.17) is 4.42 Å². The van der Waals surface area contributed by atoms with Gasteiger partial charge in [0.05, 0.1) is 24.3 Å². The summed E-state index contributed by atoms with van der Waals surface area (Å²) in [6, 6.07) is 7.98. The van der Waals surface area contributed by atoms with Gasteiger partial charge >= 0.3 is 0 Å². The van der Waals surface area contributed by atoms with Gasteiger partial charge in [0.2, 0.25) is 5.91 Å². The van der Waals surface area contributed by atoms with E-state index in [1.807, 2.05) is 18.0 Å². The first-order valence-corrected chi connectivity index (χ1v) is 6.71. The fourth-order valence-corrected chi connectivity index (χ4v) is 2.06. The van der Waals surface area contributed by atoms with E-state index in [1.165, 1.54) is 18.2 Å². The van der Waals surface area contributed by atoms with Crippen LogP contribution in [0.4, 0.5) is 11.4 Å². The van der Waals surface area contributed by atoms with Gasteiger partial charge in [-0.15, -0.1) is 0 Å². The molecule has 0 saturated heterocycles. The number of non-ortho nitro benzene ring substituents is 1. The number of likely N-dealkylation sites (N-methyl/N-ethyl adjacent to an activating group) is 1. The average Bonchev–Trinajstić information content (AvgIpc) is 2.93. The lowest BCUT2D eigenvalue weighted by molar-refractivity contribution is -0.384. The maximum Gasteiger partial charge on any atom is 0.269 e. The molecule has 0 atom stereocenters. The number of nitrogens with zero attached hydrogens (tertiary/aromatic N) is 2. The lowest BCUT2D eigenvalue weighted by Crippen LogP contribution is -2.29. The van der Waals surface area contributed by atoms with E-state index >= 15 is 0 Å². The van der Waals surface area contributed by atoms with Crippen molar-refractivity contribution in [3.8, 4) is 0 Å². The van der Waals surface area contributed by atoms with Gasteiger partial charge in [-0.25, -0.2) is 0 Å². The molecule has 0 radical (unpaired) electrons. The molecule has 22 heavy (non-hydrogen) atoms. The Bertz CT molecular complexity index is 667. The lowest BCUT2D eigenvalue weighted by atomic mass is 10.2. The molecule has 0 unspecified atom stereocenters. The topological polar surface area (TPSA) is 88.6 Å². The molecular formula is C15H17N3O4. The van der Waals surface area contributed by atoms with Gasteiger partial charge in [0.15, 0.2) is 0 Å². The predicted molar refractivity (Wildman–Crippen MR) is 81.5 cm³/mol. The van der Waals surface area contributed by atoms with E-state index in [1.54, 1.807) is 19.3 Å². The molecule has 1 heterocycles. The van der Waals surface area contributed by atoms with Gasteiger partial charge in [0, 0.05) is 17.8 Å². The molecule has 0 spiro atoms. The molecular weight excluding hydrogens is 286 g/mol. The van der Waals surface area contributed by atoms with Crippen LogP contribution < -0.4 is 5.32 Å². The number of nitro groups is 1. The second-order valence-electron chi connectivity index (χ2n) is 5.06. The van der Waals surface area contributed by atoms with Gasteiger partial charge in [-0.3, -0.25) is 19.8 Å². The van der Waals surface area contributed by atoms with Crippen LogP contribution in [0, 0.1) is 17.0 Å². The molecule has 0 fully saturated rings. The summed E-state index contributed by atoms with van der Waals surface area (Å²) in [6.45, 7) is 2.44. The van der Waals surface area contributed by atoms with E-state index in [0.717, 1.165) is 5.76 Å². The number of hydrogen-bond donors (Lipinski definition) is 1. The van der Waals surface area contributed by atoms with Crippen molar-refractivity contribution in [2.45, 2.75) is 13.5 Å². The molecule has 0 saturated carbocycles. The molecule has 0 aliphatic carbocycles. The molecule has 116 valence electrons. The van der Waals surface area contributed by atoms with Gasteiger partial charge in [-0.05, 0) is 37.7 Å². The Hall–Kier alpha value is -2.67. The quantitative estimate of drug-likeness (QED) is 0.654. The Morgan fingerprint density at radius 2 is 2.18 bits per heavy atom. The Morgan fingerprint density at radius 1 is 1.41 bits per heavy atom. The van der Waals surface area contributed by atoms with Crippen molar-refractivity contribution in [1.82, 2.24) is 4.90 Å². The molecule has 2 aromatic rings. The molecule has 7 nitrogen and oxygen atoms in total. The van der Waals surface area contributed by atoms with Crippen LogP contribution in [-0.4, -0.2) is 29.3 Å². The van der Waals surface area contributed by atoms with Crippen LogP contribution in [0.3, 0.4) is 0 Å². The molecule has 1 aromatic heterocycles. The van der Waals surface area contributed by atoms with Crippen LogP contribution >= 0.6 is 0 Å². The number of furan rings is 1. The fraction of sp³-hybridized carbons (Fsp3) is 0.267. The number of amides is 1. The lowest BCUT2D eigenvalue weighted by Gasteiger charge is -2.15. The van der Waals surface area contributed by atoms with E-state index in [9.17, 15) is 14.9 Å². The van der Waals surface area contributed by atoms with E-state index < -0.39 is 4.92 Å². The van der Waals surface area contributed by atoms with Crippen LogP contribution in [-0.2, 0) is 11.3 Å². The molecule has 0 aliphatic heterocycles. The number of rotatable bonds is 6. The molecule has 1 amide bonds. The zero-order valence-electron chi connectivity index (χ0n) is 12.4. The van der Waals surface area contributed by atoms with Gasteiger partial charge < -0.3 is 9.73 Å².